The van der Waals surface area contributed by atoms with Gasteiger partial charge in [0.15, 0.2) is 23.2 Å². The lowest BCUT2D eigenvalue weighted by Gasteiger charge is -2.24. The van der Waals surface area contributed by atoms with Crippen LogP contribution in [-0.4, -0.2) is 78.5 Å². The fourth-order valence-corrected chi connectivity index (χ4v) is 4.45. The molecule has 8 N–H and O–H groups in total. The third-order valence-electron chi connectivity index (χ3n) is 6.44. The summed E-state index contributed by atoms with van der Waals surface area (Å²) in [6.07, 6.45) is -0.110. The highest BCUT2D eigenvalue weighted by atomic mass is 16.6. The fourth-order valence-electron chi connectivity index (χ4n) is 4.45. The molecule has 13 heteroatoms. The predicted octanol–water partition coefficient (Wildman–Crippen LogP) is -0.341. The number of hydrogen-bond donors (Lipinski definition) is 6. The first kappa shape index (κ1) is 26.6. The molecule has 37 heavy (non-hydrogen) atoms. The van der Waals surface area contributed by atoms with Crippen LogP contribution in [0.5, 0.6) is 0 Å². The molecule has 198 valence electrons. The number of aliphatic hydroxyl groups excluding tert-OH is 2. The second kappa shape index (κ2) is 11.7. The molecule has 1 aliphatic heterocycles. The molecular weight excluding hydrogens is 480 g/mol. The van der Waals surface area contributed by atoms with Gasteiger partial charge in [-0.25, -0.2) is 15.0 Å². The van der Waals surface area contributed by atoms with Crippen LogP contribution in [0.15, 0.2) is 43.0 Å². The molecule has 3 heterocycles. The number of aliphatic hydroxyl groups is 2. The van der Waals surface area contributed by atoms with Crippen LogP contribution in [0.25, 0.3) is 11.2 Å². The summed E-state index contributed by atoms with van der Waals surface area (Å²) in [5, 5.41) is 27.6. The lowest BCUT2D eigenvalue weighted by atomic mass is 9.97. The molecule has 0 spiro atoms. The van der Waals surface area contributed by atoms with E-state index in [1.807, 2.05) is 13.0 Å². The molecule has 1 aliphatic rings. The van der Waals surface area contributed by atoms with Crippen molar-refractivity contribution >= 4 is 28.8 Å². The Hall–Kier alpha value is -3.49. The average molecular weight is 513 g/mol. The average Bonchev–Trinajstić information content (AvgIpc) is 3.44. The molecule has 2 amide bonds. The number of nitrogens with one attached hydrogen (secondary N) is 2. The second-order valence-corrected chi connectivity index (χ2v) is 8.99. The molecule has 3 aromatic rings. The maximum Gasteiger partial charge on any atom is 0.256 e. The smallest absolute Gasteiger partial charge is 0.256 e. The van der Waals surface area contributed by atoms with Gasteiger partial charge in [0.2, 0.25) is 5.91 Å². The Morgan fingerprint density at radius 2 is 1.89 bits per heavy atom. The van der Waals surface area contributed by atoms with Crippen LogP contribution in [-0.2, 0) is 9.53 Å². The zero-order chi connectivity index (χ0) is 26.5. The molecule has 1 fully saturated rings. The Bertz CT molecular complexity index is 1220. The van der Waals surface area contributed by atoms with Crippen LogP contribution in [0.3, 0.4) is 0 Å². The third-order valence-corrected chi connectivity index (χ3v) is 6.44. The number of benzene rings is 1. The molecule has 0 radical (unpaired) electrons. The van der Waals surface area contributed by atoms with E-state index < -0.39 is 36.5 Å². The van der Waals surface area contributed by atoms with E-state index in [0.29, 0.717) is 42.5 Å². The number of carbonyl (C=O) groups is 2. The van der Waals surface area contributed by atoms with E-state index in [2.05, 4.69) is 25.6 Å². The van der Waals surface area contributed by atoms with Crippen LogP contribution >= 0.6 is 0 Å². The normalized spacial score (nSPS) is 23.1. The molecule has 0 aliphatic carbocycles. The quantitative estimate of drug-likeness (QED) is 0.197. The van der Waals surface area contributed by atoms with Gasteiger partial charge >= 0.3 is 0 Å². The minimum Gasteiger partial charge on any atom is -0.388 e. The first-order valence-electron chi connectivity index (χ1n) is 12.1. The molecule has 2 aromatic heterocycles. The lowest BCUT2D eigenvalue weighted by molar-refractivity contribution is -0.119. The monoisotopic (exact) mass is 512 g/mol. The summed E-state index contributed by atoms with van der Waals surface area (Å²) in [5.74, 6) is -0.718. The van der Waals surface area contributed by atoms with Gasteiger partial charge in [-0.15, -0.1) is 0 Å². The Kier molecular flexibility index (Phi) is 8.41. The van der Waals surface area contributed by atoms with Crippen molar-refractivity contribution in [2.24, 2.45) is 11.5 Å². The summed E-state index contributed by atoms with van der Waals surface area (Å²) >= 11 is 0. The van der Waals surface area contributed by atoms with E-state index in [9.17, 15) is 19.8 Å². The summed E-state index contributed by atoms with van der Waals surface area (Å²) in [4.78, 5) is 36.6. The first-order valence-corrected chi connectivity index (χ1v) is 12.1. The van der Waals surface area contributed by atoms with E-state index in [-0.39, 0.29) is 17.8 Å². The summed E-state index contributed by atoms with van der Waals surface area (Å²) in [6, 6.07) is 7.80. The van der Waals surface area contributed by atoms with Crippen molar-refractivity contribution in [1.82, 2.24) is 24.8 Å². The number of carbonyl (C=O) groups excluding carboxylic acids is 2. The molecule has 13 nitrogen and oxygen atoms in total. The van der Waals surface area contributed by atoms with Gasteiger partial charge in [0.05, 0.1) is 18.5 Å². The number of rotatable bonds is 11. The lowest BCUT2D eigenvalue weighted by Crippen LogP contribution is -2.41. The van der Waals surface area contributed by atoms with Crippen LogP contribution < -0.4 is 22.1 Å². The van der Waals surface area contributed by atoms with E-state index in [1.54, 1.807) is 24.3 Å². The molecule has 0 saturated carbocycles. The van der Waals surface area contributed by atoms with Crippen LogP contribution in [0.1, 0.15) is 42.8 Å². The maximum absolute atomic E-state index is 12.6. The highest BCUT2D eigenvalue weighted by molar-refractivity contribution is 6.06. The van der Waals surface area contributed by atoms with Crippen molar-refractivity contribution in [1.29, 1.82) is 0 Å². The predicted molar refractivity (Wildman–Crippen MR) is 134 cm³/mol. The topological polar surface area (TPSA) is 204 Å². The number of anilines is 1. The Labute approximate surface area is 213 Å². The van der Waals surface area contributed by atoms with Gasteiger partial charge in [-0.1, -0.05) is 25.1 Å². The Morgan fingerprint density at radius 3 is 2.59 bits per heavy atom. The van der Waals surface area contributed by atoms with Gasteiger partial charge in [0.25, 0.3) is 5.91 Å². The molecule has 1 unspecified atom stereocenters. The fraction of sp³-hybridized carbons (Fsp3) is 0.458. The van der Waals surface area contributed by atoms with Crippen LogP contribution in [0, 0.1) is 0 Å². The van der Waals surface area contributed by atoms with E-state index in [0.717, 1.165) is 0 Å². The molecule has 6 atom stereocenters. The maximum atomic E-state index is 12.6. The van der Waals surface area contributed by atoms with Crippen LogP contribution in [0.4, 0.5) is 5.82 Å². The molecule has 1 aromatic carbocycles. The Balaban J connectivity index is 1.50. The van der Waals surface area contributed by atoms with Crippen molar-refractivity contribution in [3.05, 3.63) is 48.5 Å². The van der Waals surface area contributed by atoms with E-state index in [1.165, 1.54) is 17.2 Å². The van der Waals surface area contributed by atoms with Gasteiger partial charge in [-0.3, -0.25) is 14.2 Å². The third kappa shape index (κ3) is 5.92. The molecule has 4 rings (SSSR count). The first-order chi connectivity index (χ1) is 17.8. The molecular formula is C24H32N8O5. The number of ether oxygens (including phenoxy) is 1. The van der Waals surface area contributed by atoms with Gasteiger partial charge in [0, 0.05) is 11.6 Å². The number of amides is 2. The van der Waals surface area contributed by atoms with Crippen molar-refractivity contribution in [2.45, 2.75) is 62.8 Å². The molecule has 1 saturated heterocycles. The summed E-state index contributed by atoms with van der Waals surface area (Å²) < 4.78 is 7.58. The van der Waals surface area contributed by atoms with Crippen molar-refractivity contribution in [2.75, 3.05) is 11.9 Å². The number of nitrogens with two attached hydrogens (primary N) is 2. The number of nitrogens with zero attached hydrogens (tertiary/aromatic N) is 4. The number of fused-ring (bicyclic) bond motifs is 1. The van der Waals surface area contributed by atoms with Crippen LogP contribution in [0.2, 0.25) is 0 Å². The van der Waals surface area contributed by atoms with Gasteiger partial charge in [-0.2, -0.15) is 0 Å². The number of hydrogen-bond acceptors (Lipinski definition) is 10. The van der Waals surface area contributed by atoms with Gasteiger partial charge in [0.1, 0.15) is 18.5 Å². The highest BCUT2D eigenvalue weighted by Crippen LogP contribution is 2.34. The summed E-state index contributed by atoms with van der Waals surface area (Å²) in [5.41, 5.74) is 12.1. The van der Waals surface area contributed by atoms with Gasteiger partial charge in [-0.05, 0) is 37.9 Å². The zero-order valence-electron chi connectivity index (χ0n) is 20.4. The number of aromatic nitrogens is 4. The van der Waals surface area contributed by atoms with Crippen molar-refractivity contribution < 1.29 is 24.5 Å². The minimum atomic E-state index is -1.25. The number of primary amides is 1. The van der Waals surface area contributed by atoms with Gasteiger partial charge < -0.3 is 37.1 Å². The highest BCUT2D eigenvalue weighted by Gasteiger charge is 2.45. The minimum absolute atomic E-state index is 0.123. The van der Waals surface area contributed by atoms with E-state index in [4.69, 9.17) is 16.2 Å². The van der Waals surface area contributed by atoms with Crippen molar-refractivity contribution in [3.8, 4) is 0 Å². The SMILES string of the molecule is CCN[C@@H](CC[C@H](N)C(N)=O)C[C@H]1O[C@@H](n2cnc3c(NC(=O)c4ccccc4)ncnc32)C(O)[C@H]1O. The van der Waals surface area contributed by atoms with E-state index >= 15 is 0 Å². The van der Waals surface area contributed by atoms with Crippen molar-refractivity contribution in [3.63, 3.8) is 0 Å². The number of imidazole rings is 1. The Morgan fingerprint density at radius 1 is 1.14 bits per heavy atom. The second-order valence-electron chi connectivity index (χ2n) is 8.99. The zero-order valence-corrected chi connectivity index (χ0v) is 20.4. The summed E-state index contributed by atoms with van der Waals surface area (Å²) in [6.45, 7) is 2.60. The summed E-state index contributed by atoms with van der Waals surface area (Å²) in [7, 11) is 0. The standard InChI is InChI=1S/C24H32N8O5/c1-2-27-14(8-9-15(25)20(26)35)10-16-18(33)19(34)24(37-16)32-12-30-17-21(28-11-29-22(17)32)31-23(36)13-6-4-3-5-7-13/h3-7,11-12,14-16,18-19,24,27,33-34H,2,8-10,25H2,1H3,(H2,26,35)(H,28,29,31,36)/t14-,15-,16+,18-,19?,24+/m0/s1. The molecule has 0 bridgehead atoms. The largest absolute Gasteiger partial charge is 0.388 e.